The van der Waals surface area contributed by atoms with Gasteiger partial charge in [0.25, 0.3) is 0 Å². The van der Waals surface area contributed by atoms with Crippen molar-refractivity contribution in [3.8, 4) is 27.3 Å². The van der Waals surface area contributed by atoms with E-state index in [1.54, 1.807) is 11.3 Å². The third-order valence-electron chi connectivity index (χ3n) is 3.52. The molecule has 4 heteroatoms. The van der Waals surface area contributed by atoms with Crippen LogP contribution in [0.1, 0.15) is 5.56 Å². The molecule has 112 valence electrons. The first-order valence-corrected chi connectivity index (χ1v) is 8.34. The summed E-state index contributed by atoms with van der Waals surface area (Å²) in [5.74, 6) is 0.770. The molecule has 3 aromatic rings. The van der Waals surface area contributed by atoms with Gasteiger partial charge in [0.1, 0.15) is 10.8 Å². The molecule has 0 aliphatic heterocycles. The minimum Gasteiger partial charge on any atom is -0.506 e. The average molecular weight is 330 g/mol. The molecule has 2 aromatic carbocycles. The fraction of sp³-hybridized carbons (Fsp3) is 0.111. The van der Waals surface area contributed by atoms with Crippen molar-refractivity contribution in [3.63, 3.8) is 0 Å². The lowest BCUT2D eigenvalue weighted by atomic mass is 10.0. The molecule has 0 spiro atoms. The van der Waals surface area contributed by atoms with E-state index in [2.05, 4.69) is 5.32 Å². The molecule has 1 aromatic heterocycles. The molecule has 0 saturated carbocycles. The van der Waals surface area contributed by atoms with E-state index in [0.717, 1.165) is 32.1 Å². The number of thiophene rings is 1. The van der Waals surface area contributed by atoms with Crippen LogP contribution in [0, 0.1) is 0 Å². The third-order valence-corrected chi connectivity index (χ3v) is 5.07. The van der Waals surface area contributed by atoms with E-state index in [1.165, 1.54) is 0 Å². The van der Waals surface area contributed by atoms with Crippen LogP contribution < -0.4 is 5.32 Å². The highest BCUT2D eigenvalue weighted by atomic mass is 35.5. The molecule has 0 fully saturated rings. The zero-order chi connectivity index (χ0) is 15.5. The van der Waals surface area contributed by atoms with Gasteiger partial charge in [-0.25, -0.2) is 0 Å². The number of alkyl halides is 1. The smallest absolute Gasteiger partial charge is 0.144 e. The molecular weight excluding hydrogens is 314 g/mol. The van der Waals surface area contributed by atoms with Gasteiger partial charge >= 0.3 is 0 Å². The Kier molecular flexibility index (Phi) is 4.36. The van der Waals surface area contributed by atoms with E-state index in [9.17, 15) is 5.11 Å². The van der Waals surface area contributed by atoms with Crippen molar-refractivity contribution in [1.82, 2.24) is 0 Å². The van der Waals surface area contributed by atoms with Gasteiger partial charge in [-0.2, -0.15) is 0 Å². The summed E-state index contributed by atoms with van der Waals surface area (Å²) in [4.78, 5) is 0.872. The maximum atomic E-state index is 10.7. The number of aromatic hydroxyl groups is 1. The predicted octanol–water partition coefficient (Wildman–Crippen LogP) is 5.57. The van der Waals surface area contributed by atoms with E-state index < -0.39 is 0 Å². The van der Waals surface area contributed by atoms with E-state index in [1.807, 2.05) is 61.6 Å². The van der Waals surface area contributed by atoms with Crippen LogP contribution >= 0.6 is 22.9 Å². The number of hydrogen-bond acceptors (Lipinski definition) is 3. The van der Waals surface area contributed by atoms with Gasteiger partial charge in [0.15, 0.2) is 0 Å². The van der Waals surface area contributed by atoms with Gasteiger partial charge in [-0.15, -0.1) is 22.9 Å². The molecule has 0 aliphatic rings. The van der Waals surface area contributed by atoms with E-state index in [4.69, 9.17) is 11.6 Å². The Morgan fingerprint density at radius 2 is 1.77 bits per heavy atom. The summed E-state index contributed by atoms with van der Waals surface area (Å²) in [5, 5.41) is 14.9. The lowest BCUT2D eigenvalue weighted by molar-refractivity contribution is 0.481. The van der Waals surface area contributed by atoms with Gasteiger partial charge in [0.2, 0.25) is 0 Å². The summed E-state index contributed by atoms with van der Waals surface area (Å²) in [5.41, 5.74) is 3.85. The molecule has 0 amide bonds. The molecule has 0 bridgehead atoms. The highest BCUT2D eigenvalue weighted by Crippen LogP contribution is 2.50. The van der Waals surface area contributed by atoms with Crippen LogP contribution in [-0.4, -0.2) is 12.2 Å². The second kappa shape index (κ2) is 6.42. The van der Waals surface area contributed by atoms with Gasteiger partial charge in [-0.3, -0.25) is 0 Å². The van der Waals surface area contributed by atoms with Crippen molar-refractivity contribution >= 4 is 27.9 Å². The summed E-state index contributed by atoms with van der Waals surface area (Å²) in [6, 6.07) is 17.9. The molecular formula is C18H16ClNOS. The highest BCUT2D eigenvalue weighted by molar-refractivity contribution is 7.20. The first kappa shape index (κ1) is 14.9. The number of hydrogen-bond donors (Lipinski definition) is 2. The van der Waals surface area contributed by atoms with Crippen LogP contribution in [0.2, 0.25) is 0 Å². The first-order chi connectivity index (χ1) is 10.7. The van der Waals surface area contributed by atoms with Crippen LogP contribution in [0.15, 0.2) is 54.6 Å². The topological polar surface area (TPSA) is 32.3 Å². The maximum absolute atomic E-state index is 10.7. The Hall–Kier alpha value is -1.97. The van der Waals surface area contributed by atoms with E-state index >= 15 is 0 Å². The van der Waals surface area contributed by atoms with Gasteiger partial charge in [-0.1, -0.05) is 48.5 Å². The Balaban J connectivity index is 2.17. The van der Waals surface area contributed by atoms with Crippen molar-refractivity contribution in [2.24, 2.45) is 0 Å². The Bertz CT molecular complexity index is 783. The lowest BCUT2D eigenvalue weighted by Crippen LogP contribution is -1.88. The second-order valence-corrected chi connectivity index (χ2v) is 6.22. The van der Waals surface area contributed by atoms with E-state index in [0.29, 0.717) is 11.6 Å². The van der Waals surface area contributed by atoms with Gasteiger partial charge in [0.05, 0.1) is 10.4 Å². The molecule has 0 saturated heterocycles. The summed E-state index contributed by atoms with van der Waals surface area (Å²) in [6.45, 7) is 0. The Morgan fingerprint density at radius 1 is 1.05 bits per heavy atom. The van der Waals surface area contributed by atoms with Crippen molar-refractivity contribution in [1.29, 1.82) is 0 Å². The molecule has 1 heterocycles. The number of benzene rings is 2. The van der Waals surface area contributed by atoms with Crippen LogP contribution in [0.4, 0.5) is 5.00 Å². The zero-order valence-electron chi connectivity index (χ0n) is 12.1. The molecule has 22 heavy (non-hydrogen) atoms. The predicted molar refractivity (Wildman–Crippen MR) is 96.0 cm³/mol. The van der Waals surface area contributed by atoms with Gasteiger partial charge in [-0.05, 0) is 22.8 Å². The van der Waals surface area contributed by atoms with Crippen molar-refractivity contribution in [3.05, 3.63) is 60.2 Å². The number of nitrogens with one attached hydrogen (secondary N) is 1. The van der Waals surface area contributed by atoms with Gasteiger partial charge < -0.3 is 10.4 Å². The first-order valence-electron chi connectivity index (χ1n) is 6.98. The minimum absolute atomic E-state index is 0.312. The molecule has 2 N–H and O–H groups in total. The fourth-order valence-corrected chi connectivity index (χ4v) is 3.70. The Morgan fingerprint density at radius 3 is 2.45 bits per heavy atom. The minimum atomic E-state index is 0.312. The van der Waals surface area contributed by atoms with Crippen LogP contribution in [0.3, 0.4) is 0 Å². The SMILES string of the molecule is CNc1sc(-c2ccccc2)c(O)c1-c1cccc(CCl)c1. The molecule has 3 rings (SSSR count). The van der Waals surface area contributed by atoms with Crippen LogP contribution in [-0.2, 0) is 5.88 Å². The normalized spacial score (nSPS) is 10.6. The molecule has 0 atom stereocenters. The standard InChI is InChI=1S/C18H16ClNOS/c1-20-18-15(14-9-5-6-12(10-14)11-19)16(21)17(22-18)13-7-3-2-4-8-13/h2-10,20-21H,11H2,1H3. The molecule has 0 radical (unpaired) electrons. The van der Waals surface area contributed by atoms with Crippen molar-refractivity contribution in [2.45, 2.75) is 5.88 Å². The van der Waals surface area contributed by atoms with E-state index in [-0.39, 0.29) is 0 Å². The second-order valence-electron chi connectivity index (χ2n) is 4.93. The molecule has 0 aliphatic carbocycles. The quantitative estimate of drug-likeness (QED) is 0.613. The molecule has 0 unspecified atom stereocenters. The summed E-state index contributed by atoms with van der Waals surface area (Å²) in [6.07, 6.45) is 0. The number of halogens is 1. The lowest BCUT2D eigenvalue weighted by Gasteiger charge is -2.06. The fourth-order valence-electron chi connectivity index (χ4n) is 2.46. The maximum Gasteiger partial charge on any atom is 0.144 e. The van der Waals surface area contributed by atoms with Crippen molar-refractivity contribution in [2.75, 3.05) is 12.4 Å². The summed E-state index contributed by atoms with van der Waals surface area (Å²) < 4.78 is 0. The van der Waals surface area contributed by atoms with Crippen molar-refractivity contribution < 1.29 is 5.11 Å². The average Bonchev–Trinajstić information content (AvgIpc) is 2.92. The summed E-state index contributed by atoms with van der Waals surface area (Å²) in [7, 11) is 1.87. The number of rotatable bonds is 4. The number of anilines is 1. The van der Waals surface area contributed by atoms with Gasteiger partial charge in [0, 0.05) is 12.9 Å². The summed E-state index contributed by atoms with van der Waals surface area (Å²) >= 11 is 7.48. The zero-order valence-corrected chi connectivity index (χ0v) is 13.7. The van der Waals surface area contributed by atoms with Crippen LogP contribution in [0.25, 0.3) is 21.6 Å². The third kappa shape index (κ3) is 2.70. The Labute approximate surface area is 139 Å². The molecule has 2 nitrogen and oxygen atoms in total. The highest BCUT2D eigenvalue weighted by Gasteiger charge is 2.19. The van der Waals surface area contributed by atoms with Crippen LogP contribution in [0.5, 0.6) is 5.75 Å². The largest absolute Gasteiger partial charge is 0.506 e. The monoisotopic (exact) mass is 329 g/mol.